The van der Waals surface area contributed by atoms with Gasteiger partial charge in [-0.15, -0.1) is 6.58 Å². The molecule has 0 bridgehead atoms. The van der Waals surface area contributed by atoms with Gasteiger partial charge < -0.3 is 0 Å². The second-order valence-electron chi connectivity index (χ2n) is 3.89. The van der Waals surface area contributed by atoms with Gasteiger partial charge in [-0.1, -0.05) is 60.7 Å². The highest BCUT2D eigenvalue weighted by Gasteiger charge is 1.97. The van der Waals surface area contributed by atoms with Crippen molar-refractivity contribution in [3.05, 3.63) is 72.8 Å². The van der Waals surface area contributed by atoms with Gasteiger partial charge in [0, 0.05) is 0 Å². The SMILES string of the molecule is C=CCCc1cccc(-c2ccccc2)c1. The fourth-order valence-corrected chi connectivity index (χ4v) is 1.81. The molecular formula is C16H16. The number of allylic oxidation sites excluding steroid dienone is 1. The van der Waals surface area contributed by atoms with Gasteiger partial charge in [-0.05, 0) is 29.5 Å². The quantitative estimate of drug-likeness (QED) is 0.650. The summed E-state index contributed by atoms with van der Waals surface area (Å²) >= 11 is 0. The van der Waals surface area contributed by atoms with E-state index in [0.717, 1.165) is 12.8 Å². The molecule has 80 valence electrons. The molecule has 0 heteroatoms. The summed E-state index contributed by atoms with van der Waals surface area (Å²) in [6.45, 7) is 3.76. The van der Waals surface area contributed by atoms with E-state index in [1.165, 1.54) is 16.7 Å². The third kappa shape index (κ3) is 2.60. The van der Waals surface area contributed by atoms with Gasteiger partial charge in [-0.25, -0.2) is 0 Å². The van der Waals surface area contributed by atoms with Gasteiger partial charge >= 0.3 is 0 Å². The standard InChI is InChI=1S/C16H16/c1-2-3-8-14-9-7-12-16(13-14)15-10-5-4-6-11-15/h2,4-7,9-13H,1,3,8H2. The smallest absolute Gasteiger partial charge is 0.0181 e. The van der Waals surface area contributed by atoms with Crippen LogP contribution in [0.15, 0.2) is 67.3 Å². The van der Waals surface area contributed by atoms with Crippen LogP contribution < -0.4 is 0 Å². The first kappa shape index (κ1) is 10.7. The van der Waals surface area contributed by atoms with E-state index >= 15 is 0 Å². The Morgan fingerprint density at radius 3 is 2.38 bits per heavy atom. The molecule has 0 nitrogen and oxygen atoms in total. The minimum Gasteiger partial charge on any atom is -0.103 e. The Balaban J connectivity index is 2.25. The maximum absolute atomic E-state index is 3.76. The van der Waals surface area contributed by atoms with E-state index in [9.17, 15) is 0 Å². The molecule has 2 aromatic rings. The summed E-state index contributed by atoms with van der Waals surface area (Å²) < 4.78 is 0. The minimum atomic E-state index is 1.04. The van der Waals surface area contributed by atoms with Crippen LogP contribution in [-0.4, -0.2) is 0 Å². The van der Waals surface area contributed by atoms with E-state index in [-0.39, 0.29) is 0 Å². The highest BCUT2D eigenvalue weighted by Crippen LogP contribution is 2.20. The second kappa shape index (κ2) is 5.32. The van der Waals surface area contributed by atoms with Crippen LogP contribution >= 0.6 is 0 Å². The van der Waals surface area contributed by atoms with E-state index in [0.29, 0.717) is 0 Å². The average molecular weight is 208 g/mol. The zero-order valence-electron chi connectivity index (χ0n) is 9.39. The van der Waals surface area contributed by atoms with Crippen LogP contribution in [0, 0.1) is 0 Å². The number of aryl methyl sites for hydroxylation is 1. The molecule has 0 unspecified atom stereocenters. The summed E-state index contributed by atoms with van der Waals surface area (Å²) in [6, 6.07) is 19.2. The van der Waals surface area contributed by atoms with Crippen LogP contribution in [-0.2, 0) is 6.42 Å². The summed E-state index contributed by atoms with van der Waals surface area (Å²) in [5.41, 5.74) is 3.95. The van der Waals surface area contributed by atoms with E-state index in [2.05, 4.69) is 55.1 Å². The summed E-state index contributed by atoms with van der Waals surface area (Å²) in [5.74, 6) is 0. The molecule has 0 N–H and O–H groups in total. The zero-order chi connectivity index (χ0) is 11.2. The van der Waals surface area contributed by atoms with Crippen LogP contribution in [0.5, 0.6) is 0 Å². The molecule has 0 aliphatic heterocycles. The van der Waals surface area contributed by atoms with Crippen LogP contribution in [0.25, 0.3) is 11.1 Å². The summed E-state index contributed by atoms with van der Waals surface area (Å²) in [4.78, 5) is 0. The molecule has 0 spiro atoms. The molecule has 2 aromatic carbocycles. The number of rotatable bonds is 4. The monoisotopic (exact) mass is 208 g/mol. The van der Waals surface area contributed by atoms with Crippen molar-refractivity contribution in [2.24, 2.45) is 0 Å². The fraction of sp³-hybridized carbons (Fsp3) is 0.125. The van der Waals surface area contributed by atoms with Gasteiger partial charge in [-0.3, -0.25) is 0 Å². The molecule has 2 rings (SSSR count). The third-order valence-corrected chi connectivity index (χ3v) is 2.67. The van der Waals surface area contributed by atoms with Crippen molar-refractivity contribution in [1.82, 2.24) is 0 Å². The van der Waals surface area contributed by atoms with Gasteiger partial charge in [0.25, 0.3) is 0 Å². The Bertz CT molecular complexity index is 454. The maximum Gasteiger partial charge on any atom is -0.0181 e. The highest BCUT2D eigenvalue weighted by atomic mass is 14.0. The Morgan fingerprint density at radius 1 is 0.875 bits per heavy atom. The first-order valence-electron chi connectivity index (χ1n) is 5.65. The van der Waals surface area contributed by atoms with Gasteiger partial charge in [0.15, 0.2) is 0 Å². The summed E-state index contributed by atoms with van der Waals surface area (Å²) in [5, 5.41) is 0. The number of benzene rings is 2. The lowest BCUT2D eigenvalue weighted by molar-refractivity contribution is 1.00. The average Bonchev–Trinajstić information content (AvgIpc) is 2.38. The van der Waals surface area contributed by atoms with Crippen LogP contribution in [0.2, 0.25) is 0 Å². The minimum absolute atomic E-state index is 1.04. The number of hydrogen-bond acceptors (Lipinski definition) is 0. The van der Waals surface area contributed by atoms with Crippen LogP contribution in [0.3, 0.4) is 0 Å². The Kier molecular flexibility index (Phi) is 3.55. The van der Waals surface area contributed by atoms with E-state index in [1.807, 2.05) is 12.1 Å². The maximum atomic E-state index is 3.76. The fourth-order valence-electron chi connectivity index (χ4n) is 1.81. The van der Waals surface area contributed by atoms with Gasteiger partial charge in [0.2, 0.25) is 0 Å². The van der Waals surface area contributed by atoms with Crippen molar-refractivity contribution in [3.8, 4) is 11.1 Å². The topological polar surface area (TPSA) is 0 Å². The molecule has 0 aromatic heterocycles. The largest absolute Gasteiger partial charge is 0.103 e. The van der Waals surface area contributed by atoms with Crippen molar-refractivity contribution in [2.45, 2.75) is 12.8 Å². The summed E-state index contributed by atoms with van der Waals surface area (Å²) in [6.07, 6.45) is 4.08. The molecule has 0 aliphatic carbocycles. The predicted molar refractivity (Wildman–Crippen MR) is 70.4 cm³/mol. The highest BCUT2D eigenvalue weighted by molar-refractivity contribution is 5.63. The van der Waals surface area contributed by atoms with Crippen molar-refractivity contribution in [3.63, 3.8) is 0 Å². The van der Waals surface area contributed by atoms with Crippen molar-refractivity contribution >= 4 is 0 Å². The Labute approximate surface area is 97.3 Å². The Morgan fingerprint density at radius 2 is 1.62 bits per heavy atom. The van der Waals surface area contributed by atoms with Crippen molar-refractivity contribution in [2.75, 3.05) is 0 Å². The Hall–Kier alpha value is -1.82. The molecule has 0 saturated heterocycles. The summed E-state index contributed by atoms with van der Waals surface area (Å²) in [7, 11) is 0. The molecular weight excluding hydrogens is 192 g/mol. The van der Waals surface area contributed by atoms with Gasteiger partial charge in [-0.2, -0.15) is 0 Å². The second-order valence-corrected chi connectivity index (χ2v) is 3.89. The molecule has 0 aliphatic rings. The van der Waals surface area contributed by atoms with Crippen LogP contribution in [0.4, 0.5) is 0 Å². The normalized spacial score (nSPS) is 10.0. The molecule has 0 fully saturated rings. The molecule has 0 saturated carbocycles. The van der Waals surface area contributed by atoms with Crippen molar-refractivity contribution in [1.29, 1.82) is 0 Å². The lowest BCUT2D eigenvalue weighted by atomic mass is 10.0. The van der Waals surface area contributed by atoms with Crippen molar-refractivity contribution < 1.29 is 0 Å². The van der Waals surface area contributed by atoms with E-state index in [4.69, 9.17) is 0 Å². The van der Waals surface area contributed by atoms with Gasteiger partial charge in [0.1, 0.15) is 0 Å². The first-order chi connectivity index (χ1) is 7.90. The lowest BCUT2D eigenvalue weighted by Gasteiger charge is -2.04. The van der Waals surface area contributed by atoms with E-state index < -0.39 is 0 Å². The number of hydrogen-bond donors (Lipinski definition) is 0. The lowest BCUT2D eigenvalue weighted by Crippen LogP contribution is -1.84. The molecule has 0 atom stereocenters. The predicted octanol–water partition coefficient (Wildman–Crippen LogP) is 4.47. The first-order valence-corrected chi connectivity index (χ1v) is 5.65. The van der Waals surface area contributed by atoms with Crippen LogP contribution in [0.1, 0.15) is 12.0 Å². The zero-order valence-corrected chi connectivity index (χ0v) is 9.39. The van der Waals surface area contributed by atoms with Gasteiger partial charge in [0.05, 0.1) is 0 Å². The molecule has 16 heavy (non-hydrogen) atoms. The molecule has 0 heterocycles. The molecule has 0 amide bonds. The molecule has 0 radical (unpaired) electrons. The van der Waals surface area contributed by atoms with E-state index in [1.54, 1.807) is 0 Å². The third-order valence-electron chi connectivity index (χ3n) is 2.67.